The van der Waals surface area contributed by atoms with Gasteiger partial charge >= 0.3 is 0 Å². The fourth-order valence-electron chi connectivity index (χ4n) is 2.20. The van der Waals surface area contributed by atoms with Crippen LogP contribution in [0.2, 0.25) is 0 Å². The van der Waals surface area contributed by atoms with Crippen molar-refractivity contribution < 1.29 is 13.9 Å². The van der Waals surface area contributed by atoms with E-state index in [2.05, 4.69) is 5.10 Å². The van der Waals surface area contributed by atoms with E-state index in [0.29, 0.717) is 34.3 Å². The Labute approximate surface area is 120 Å². The first-order valence-electron chi connectivity index (χ1n) is 6.24. The number of rotatable bonds is 3. The molecule has 0 N–H and O–H groups in total. The Balaban J connectivity index is 2.19. The smallest absolute Gasteiger partial charge is 0.247 e. The first kappa shape index (κ1) is 12.9. The summed E-state index contributed by atoms with van der Waals surface area (Å²) in [6.07, 6.45) is 0.686. The van der Waals surface area contributed by atoms with Crippen LogP contribution in [0.15, 0.2) is 28.7 Å². The lowest BCUT2D eigenvalue weighted by atomic mass is 10.2. The summed E-state index contributed by atoms with van der Waals surface area (Å²) in [5.74, 6) is 0.636. The summed E-state index contributed by atoms with van der Waals surface area (Å²) in [6.45, 7) is 1.72. The number of aldehydes is 1. The van der Waals surface area contributed by atoms with Crippen LogP contribution in [0.4, 0.5) is 0 Å². The lowest BCUT2D eigenvalue weighted by Gasteiger charge is -2.05. The highest BCUT2D eigenvalue weighted by Gasteiger charge is 2.21. The third-order valence-electron chi connectivity index (χ3n) is 3.18. The van der Waals surface area contributed by atoms with Crippen LogP contribution in [0.5, 0.6) is 11.6 Å². The normalized spacial score (nSPS) is 10.5. The van der Waals surface area contributed by atoms with E-state index in [1.807, 2.05) is 18.2 Å². The number of nitrogens with zero attached hydrogens (tertiary/aromatic N) is 3. The average molecular weight is 281 g/mol. The van der Waals surface area contributed by atoms with Crippen LogP contribution in [0, 0.1) is 18.3 Å². The molecule has 6 nitrogen and oxygen atoms in total. The summed E-state index contributed by atoms with van der Waals surface area (Å²) in [5, 5.41) is 14.0. The van der Waals surface area contributed by atoms with Crippen LogP contribution >= 0.6 is 0 Å². The number of benzene rings is 1. The van der Waals surface area contributed by atoms with Crippen LogP contribution in [0.3, 0.4) is 0 Å². The molecule has 0 atom stereocenters. The number of nitriles is 1. The fraction of sp³-hybridized carbons (Fsp3) is 0.133. The van der Waals surface area contributed by atoms with Gasteiger partial charge in [0.05, 0.1) is 16.6 Å². The Bertz CT molecular complexity index is 884. The van der Waals surface area contributed by atoms with Gasteiger partial charge in [-0.3, -0.25) is 4.79 Å². The third kappa shape index (κ3) is 1.96. The monoisotopic (exact) mass is 281 g/mol. The van der Waals surface area contributed by atoms with Crippen LogP contribution in [-0.4, -0.2) is 16.1 Å². The summed E-state index contributed by atoms with van der Waals surface area (Å²) in [6, 6.07) is 9.13. The van der Waals surface area contributed by atoms with Crippen LogP contribution in [0.1, 0.15) is 21.8 Å². The summed E-state index contributed by atoms with van der Waals surface area (Å²) < 4.78 is 12.7. The van der Waals surface area contributed by atoms with E-state index < -0.39 is 0 Å². The van der Waals surface area contributed by atoms with Crippen molar-refractivity contribution in [3.8, 4) is 17.7 Å². The number of hydrogen-bond acceptors (Lipinski definition) is 5. The summed E-state index contributed by atoms with van der Waals surface area (Å²) in [5.41, 5.74) is 1.47. The molecule has 0 aliphatic heterocycles. The summed E-state index contributed by atoms with van der Waals surface area (Å²) >= 11 is 0. The van der Waals surface area contributed by atoms with Crippen molar-refractivity contribution in [2.24, 2.45) is 7.05 Å². The molecule has 0 fully saturated rings. The van der Waals surface area contributed by atoms with Gasteiger partial charge < -0.3 is 9.15 Å². The highest BCUT2D eigenvalue weighted by Crippen LogP contribution is 2.36. The van der Waals surface area contributed by atoms with E-state index in [1.54, 1.807) is 26.1 Å². The number of aromatic nitrogens is 2. The van der Waals surface area contributed by atoms with E-state index in [0.717, 1.165) is 0 Å². The number of aryl methyl sites for hydroxylation is 2. The molecule has 0 aliphatic rings. The van der Waals surface area contributed by atoms with Gasteiger partial charge in [0.2, 0.25) is 11.6 Å². The maximum Gasteiger partial charge on any atom is 0.247 e. The zero-order valence-electron chi connectivity index (χ0n) is 11.5. The molecule has 0 bridgehead atoms. The lowest BCUT2D eigenvalue weighted by molar-refractivity contribution is 0.112. The molecule has 0 spiro atoms. The Morgan fingerprint density at radius 1 is 1.43 bits per heavy atom. The second-order valence-corrected chi connectivity index (χ2v) is 4.52. The average Bonchev–Trinajstić information content (AvgIpc) is 2.97. The van der Waals surface area contributed by atoms with E-state index in [-0.39, 0.29) is 11.6 Å². The topological polar surface area (TPSA) is 81.1 Å². The second-order valence-electron chi connectivity index (χ2n) is 4.52. The Morgan fingerprint density at radius 3 is 2.90 bits per heavy atom. The van der Waals surface area contributed by atoms with E-state index >= 15 is 0 Å². The van der Waals surface area contributed by atoms with E-state index in [1.165, 1.54) is 4.68 Å². The number of ether oxygens (including phenoxy) is 1. The lowest BCUT2D eigenvalue weighted by Crippen LogP contribution is -1.97. The van der Waals surface area contributed by atoms with Crippen molar-refractivity contribution in [3.05, 3.63) is 41.3 Å². The van der Waals surface area contributed by atoms with Gasteiger partial charge in [0.1, 0.15) is 11.7 Å². The van der Waals surface area contributed by atoms with Crippen LogP contribution in [-0.2, 0) is 7.05 Å². The van der Waals surface area contributed by atoms with Crippen molar-refractivity contribution in [1.29, 1.82) is 5.26 Å². The number of hydrogen-bond donors (Lipinski definition) is 0. The van der Waals surface area contributed by atoms with Gasteiger partial charge in [-0.1, -0.05) is 12.1 Å². The van der Waals surface area contributed by atoms with Crippen molar-refractivity contribution in [2.75, 3.05) is 0 Å². The predicted molar refractivity (Wildman–Crippen MR) is 74.3 cm³/mol. The Morgan fingerprint density at radius 2 is 2.19 bits per heavy atom. The number of furan rings is 1. The largest absolute Gasteiger partial charge is 0.442 e. The number of carbonyl (C=O) groups excluding carboxylic acids is 1. The maximum absolute atomic E-state index is 11.2. The molecule has 2 aromatic heterocycles. The molecule has 0 unspecified atom stereocenters. The highest BCUT2D eigenvalue weighted by atomic mass is 16.5. The number of carbonyl (C=O) groups is 1. The number of fused-ring (bicyclic) bond motifs is 1. The van der Waals surface area contributed by atoms with Crippen molar-refractivity contribution in [1.82, 2.24) is 9.78 Å². The minimum atomic E-state index is 0.0619. The molecule has 21 heavy (non-hydrogen) atoms. The quantitative estimate of drug-likeness (QED) is 0.689. The van der Waals surface area contributed by atoms with Crippen molar-refractivity contribution in [2.45, 2.75) is 6.92 Å². The molecule has 0 aliphatic carbocycles. The van der Waals surface area contributed by atoms with Gasteiger partial charge in [0.25, 0.3) is 0 Å². The van der Waals surface area contributed by atoms with E-state index in [9.17, 15) is 10.1 Å². The minimum Gasteiger partial charge on any atom is -0.442 e. The number of para-hydroxylation sites is 1. The fourth-order valence-corrected chi connectivity index (χ4v) is 2.20. The molecular formula is C15H11N3O3. The Kier molecular flexibility index (Phi) is 2.95. The van der Waals surface area contributed by atoms with Gasteiger partial charge in [-0.05, 0) is 19.1 Å². The minimum absolute atomic E-state index is 0.0619. The van der Waals surface area contributed by atoms with Crippen LogP contribution < -0.4 is 4.74 Å². The van der Waals surface area contributed by atoms with Gasteiger partial charge in [0, 0.05) is 7.05 Å². The standard InChI is InChI=1S/C15H11N3O3/c1-9-11(8-19)15(18(2)17-9)21-14-10-5-3-4-6-12(10)20-13(14)7-16/h3-6,8H,1-2H3. The molecule has 104 valence electrons. The van der Waals surface area contributed by atoms with Gasteiger partial charge in [-0.25, -0.2) is 4.68 Å². The van der Waals surface area contributed by atoms with E-state index in [4.69, 9.17) is 9.15 Å². The molecule has 0 saturated heterocycles. The maximum atomic E-state index is 11.2. The Hall–Kier alpha value is -3.07. The molecule has 6 heteroatoms. The molecule has 0 amide bonds. The highest BCUT2D eigenvalue weighted by molar-refractivity contribution is 5.87. The summed E-state index contributed by atoms with van der Waals surface area (Å²) in [4.78, 5) is 11.2. The van der Waals surface area contributed by atoms with Crippen molar-refractivity contribution >= 4 is 17.3 Å². The first-order chi connectivity index (χ1) is 10.2. The first-order valence-corrected chi connectivity index (χ1v) is 6.24. The zero-order chi connectivity index (χ0) is 15.0. The van der Waals surface area contributed by atoms with Gasteiger partial charge in [-0.15, -0.1) is 0 Å². The third-order valence-corrected chi connectivity index (χ3v) is 3.18. The molecule has 0 saturated carbocycles. The summed E-state index contributed by atoms with van der Waals surface area (Å²) in [7, 11) is 1.67. The predicted octanol–water partition coefficient (Wildman–Crippen LogP) is 2.95. The SMILES string of the molecule is Cc1nn(C)c(Oc2c(C#N)oc3ccccc23)c1C=O. The molecular weight excluding hydrogens is 270 g/mol. The molecule has 3 rings (SSSR count). The molecule has 3 aromatic rings. The van der Waals surface area contributed by atoms with Gasteiger partial charge in [0.15, 0.2) is 12.0 Å². The van der Waals surface area contributed by atoms with Crippen molar-refractivity contribution in [3.63, 3.8) is 0 Å². The van der Waals surface area contributed by atoms with Gasteiger partial charge in [-0.2, -0.15) is 10.4 Å². The molecule has 2 heterocycles. The zero-order valence-corrected chi connectivity index (χ0v) is 11.5. The molecule has 1 aromatic carbocycles. The van der Waals surface area contributed by atoms with Crippen LogP contribution in [0.25, 0.3) is 11.0 Å². The second kappa shape index (κ2) is 4.80. The molecule has 0 radical (unpaired) electrons.